The molecule has 0 atom stereocenters. The minimum absolute atomic E-state index is 0.677. The van der Waals surface area contributed by atoms with Gasteiger partial charge in [-0.25, -0.2) is 15.0 Å². The van der Waals surface area contributed by atoms with Gasteiger partial charge in [-0.2, -0.15) is 0 Å². The first-order valence-corrected chi connectivity index (χ1v) is 5.64. The second-order valence-electron chi connectivity index (χ2n) is 3.08. The fourth-order valence-corrected chi connectivity index (χ4v) is 1.98. The zero-order chi connectivity index (χ0) is 11.2. The Labute approximate surface area is 96.5 Å². The number of aryl methyl sites for hydroxylation is 2. The van der Waals surface area contributed by atoms with Crippen LogP contribution in [-0.4, -0.2) is 26.4 Å². The lowest BCUT2D eigenvalue weighted by molar-refractivity contribution is 0.321. The summed E-state index contributed by atoms with van der Waals surface area (Å²) in [7, 11) is 0. The number of aromatic nitrogens is 3. The number of rotatable bonds is 4. The van der Waals surface area contributed by atoms with Crippen LogP contribution < -0.4 is 0 Å². The smallest absolute Gasteiger partial charge is 0.128 e. The lowest BCUT2D eigenvalue weighted by Gasteiger charge is -1.95. The van der Waals surface area contributed by atoms with Crippen LogP contribution in [0.15, 0.2) is 29.0 Å². The summed E-state index contributed by atoms with van der Waals surface area (Å²) in [5.74, 6) is 0.815. The third-order valence-corrected chi connectivity index (χ3v) is 2.87. The predicted octanol–water partition coefficient (Wildman–Crippen LogP) is 1.53. The Morgan fingerprint density at radius 2 is 2.12 bits per heavy atom. The van der Waals surface area contributed by atoms with Crippen molar-refractivity contribution in [1.82, 2.24) is 15.0 Å². The first kappa shape index (κ1) is 10.7. The summed E-state index contributed by atoms with van der Waals surface area (Å²) in [5.41, 5.74) is 0.677. The largest absolute Gasteiger partial charge is 0.411 e. The lowest BCUT2D eigenvalue weighted by Crippen LogP contribution is -1.96. The van der Waals surface area contributed by atoms with Gasteiger partial charge in [-0.05, 0) is 6.07 Å². The van der Waals surface area contributed by atoms with E-state index in [2.05, 4.69) is 20.1 Å². The van der Waals surface area contributed by atoms with Crippen molar-refractivity contribution in [2.24, 2.45) is 5.16 Å². The lowest BCUT2D eigenvalue weighted by atomic mass is 10.3. The molecule has 5 nitrogen and oxygen atoms in total. The molecule has 0 spiro atoms. The molecule has 2 heterocycles. The van der Waals surface area contributed by atoms with E-state index in [1.807, 2.05) is 5.38 Å². The molecule has 0 aliphatic rings. The maximum absolute atomic E-state index is 8.35. The second-order valence-corrected chi connectivity index (χ2v) is 4.02. The third-order valence-electron chi connectivity index (χ3n) is 1.94. The van der Waals surface area contributed by atoms with E-state index in [1.54, 1.807) is 18.5 Å². The number of oxime groups is 1. The van der Waals surface area contributed by atoms with Crippen LogP contribution in [0.2, 0.25) is 0 Å². The number of hydrogen-bond donors (Lipinski definition) is 1. The van der Waals surface area contributed by atoms with Crippen molar-refractivity contribution in [3.8, 4) is 0 Å². The van der Waals surface area contributed by atoms with Crippen LogP contribution in [0, 0.1) is 0 Å². The van der Waals surface area contributed by atoms with Gasteiger partial charge >= 0.3 is 0 Å². The van der Waals surface area contributed by atoms with Gasteiger partial charge < -0.3 is 5.21 Å². The van der Waals surface area contributed by atoms with Crippen molar-refractivity contribution in [3.05, 3.63) is 40.4 Å². The highest BCUT2D eigenvalue weighted by Gasteiger charge is 2.02. The fraction of sp³-hybridized carbons (Fsp3) is 0.200. The molecule has 0 saturated heterocycles. The summed E-state index contributed by atoms with van der Waals surface area (Å²) >= 11 is 1.54. The topological polar surface area (TPSA) is 71.3 Å². The van der Waals surface area contributed by atoms with Crippen LogP contribution in [0.1, 0.15) is 16.5 Å². The Kier molecular flexibility index (Phi) is 3.55. The molecule has 0 amide bonds. The molecule has 0 radical (unpaired) electrons. The standard InChI is InChI=1S/C10H10N4OS/c15-13-6-8-7-16-10(14-8)3-2-9-11-4-1-5-12-9/h1,4-7,15H,2-3H2/b13-6+. The molecular formula is C10H10N4OS. The first-order chi connectivity index (χ1) is 7.88. The van der Waals surface area contributed by atoms with Crippen molar-refractivity contribution in [1.29, 1.82) is 0 Å². The molecule has 6 heteroatoms. The highest BCUT2D eigenvalue weighted by Crippen LogP contribution is 2.10. The quantitative estimate of drug-likeness (QED) is 0.494. The SMILES string of the molecule is O/N=C/c1csc(CCc2ncccn2)n1. The van der Waals surface area contributed by atoms with Gasteiger partial charge in [0.05, 0.1) is 16.9 Å². The molecule has 0 aromatic carbocycles. The average Bonchev–Trinajstić information content (AvgIpc) is 2.76. The summed E-state index contributed by atoms with van der Waals surface area (Å²) in [5, 5.41) is 14.1. The molecule has 0 fully saturated rings. The van der Waals surface area contributed by atoms with E-state index in [0.29, 0.717) is 5.69 Å². The molecule has 0 bridgehead atoms. The molecule has 0 unspecified atom stereocenters. The molecule has 0 aliphatic heterocycles. The van der Waals surface area contributed by atoms with Gasteiger partial charge in [0.1, 0.15) is 5.82 Å². The van der Waals surface area contributed by atoms with Gasteiger partial charge in [-0.15, -0.1) is 11.3 Å². The first-order valence-electron chi connectivity index (χ1n) is 4.76. The van der Waals surface area contributed by atoms with Crippen LogP contribution in [0.25, 0.3) is 0 Å². The number of thiazole rings is 1. The Morgan fingerprint density at radius 3 is 2.88 bits per heavy atom. The Balaban J connectivity index is 1.94. The van der Waals surface area contributed by atoms with Crippen molar-refractivity contribution < 1.29 is 5.21 Å². The monoisotopic (exact) mass is 234 g/mol. The van der Waals surface area contributed by atoms with E-state index in [-0.39, 0.29) is 0 Å². The summed E-state index contributed by atoms with van der Waals surface area (Å²) in [6.07, 6.45) is 6.35. The van der Waals surface area contributed by atoms with Gasteiger partial charge in [0.15, 0.2) is 0 Å². The van der Waals surface area contributed by atoms with Gasteiger partial charge in [-0.1, -0.05) is 5.16 Å². The van der Waals surface area contributed by atoms with Gasteiger partial charge in [0, 0.05) is 30.6 Å². The van der Waals surface area contributed by atoms with Crippen LogP contribution in [0.5, 0.6) is 0 Å². The molecular weight excluding hydrogens is 224 g/mol. The van der Waals surface area contributed by atoms with E-state index in [9.17, 15) is 0 Å². The number of nitrogens with zero attached hydrogens (tertiary/aromatic N) is 4. The van der Waals surface area contributed by atoms with Crippen LogP contribution >= 0.6 is 11.3 Å². The highest BCUT2D eigenvalue weighted by molar-refractivity contribution is 7.09. The number of hydrogen-bond acceptors (Lipinski definition) is 6. The zero-order valence-electron chi connectivity index (χ0n) is 8.45. The maximum Gasteiger partial charge on any atom is 0.128 e. The van der Waals surface area contributed by atoms with Crippen LogP contribution in [0.3, 0.4) is 0 Å². The molecule has 82 valence electrons. The Hall–Kier alpha value is -1.82. The minimum atomic E-state index is 0.677. The Morgan fingerprint density at radius 1 is 1.31 bits per heavy atom. The fourth-order valence-electron chi connectivity index (χ4n) is 1.24. The predicted molar refractivity (Wildman–Crippen MR) is 60.9 cm³/mol. The molecule has 2 rings (SSSR count). The second kappa shape index (κ2) is 5.32. The summed E-state index contributed by atoms with van der Waals surface area (Å²) < 4.78 is 0. The van der Waals surface area contributed by atoms with E-state index in [1.165, 1.54) is 17.6 Å². The normalized spacial score (nSPS) is 11.0. The molecule has 1 N–H and O–H groups in total. The zero-order valence-corrected chi connectivity index (χ0v) is 9.26. The van der Waals surface area contributed by atoms with Crippen LogP contribution in [0.4, 0.5) is 0 Å². The van der Waals surface area contributed by atoms with Gasteiger partial charge in [0.25, 0.3) is 0 Å². The minimum Gasteiger partial charge on any atom is -0.411 e. The van der Waals surface area contributed by atoms with E-state index in [4.69, 9.17) is 5.21 Å². The van der Waals surface area contributed by atoms with Crippen molar-refractivity contribution >= 4 is 17.6 Å². The summed E-state index contributed by atoms with van der Waals surface area (Å²) in [6.45, 7) is 0. The van der Waals surface area contributed by atoms with E-state index in [0.717, 1.165) is 23.7 Å². The summed E-state index contributed by atoms with van der Waals surface area (Å²) in [4.78, 5) is 12.5. The van der Waals surface area contributed by atoms with E-state index < -0.39 is 0 Å². The van der Waals surface area contributed by atoms with Crippen LogP contribution in [-0.2, 0) is 12.8 Å². The molecule has 2 aromatic rings. The van der Waals surface area contributed by atoms with Gasteiger partial charge in [0.2, 0.25) is 0 Å². The van der Waals surface area contributed by atoms with E-state index >= 15 is 0 Å². The van der Waals surface area contributed by atoms with Crippen molar-refractivity contribution in [2.75, 3.05) is 0 Å². The summed E-state index contributed by atoms with van der Waals surface area (Å²) in [6, 6.07) is 1.79. The van der Waals surface area contributed by atoms with Crippen molar-refractivity contribution in [2.45, 2.75) is 12.8 Å². The van der Waals surface area contributed by atoms with Gasteiger partial charge in [-0.3, -0.25) is 0 Å². The highest BCUT2D eigenvalue weighted by atomic mass is 32.1. The average molecular weight is 234 g/mol. The Bertz CT molecular complexity index is 469. The molecule has 0 aliphatic carbocycles. The molecule has 2 aromatic heterocycles. The molecule has 0 saturated carbocycles. The van der Waals surface area contributed by atoms with Crippen molar-refractivity contribution in [3.63, 3.8) is 0 Å². The third kappa shape index (κ3) is 2.83. The maximum atomic E-state index is 8.35. The molecule has 16 heavy (non-hydrogen) atoms.